The molecular weight excluding hydrogens is 162 g/mol. The van der Waals surface area contributed by atoms with E-state index in [1.54, 1.807) is 18.7 Å². The lowest BCUT2D eigenvalue weighted by Crippen LogP contribution is -2.40. The van der Waals surface area contributed by atoms with Crippen molar-refractivity contribution in [2.75, 3.05) is 12.3 Å². The smallest absolute Gasteiger partial charge is 0.242 e. The Bertz CT molecular complexity index is 190. The third kappa shape index (κ3) is 2.51. The summed E-state index contributed by atoms with van der Waals surface area (Å²) in [5.74, 6) is 0.785. The molecule has 0 unspecified atom stereocenters. The lowest BCUT2D eigenvalue weighted by Gasteiger charge is -2.05. The maximum absolute atomic E-state index is 11.0. The highest BCUT2D eigenvalue weighted by Crippen LogP contribution is 2.08. The molecule has 1 aliphatic heterocycles. The molecule has 3 N–H and O–H groups in total. The minimum Gasteiger partial charge on any atom is -0.320 e. The molecule has 0 aromatic carbocycles. The predicted octanol–water partition coefficient (Wildman–Crippen LogP) is -0.447. The van der Waals surface area contributed by atoms with E-state index in [4.69, 9.17) is 5.73 Å². The number of carbonyl (C=O) groups excluding carboxylic acids is 1. The molecule has 5 heteroatoms. The van der Waals surface area contributed by atoms with E-state index in [2.05, 4.69) is 10.3 Å². The summed E-state index contributed by atoms with van der Waals surface area (Å²) in [7, 11) is 0. The molecule has 0 aliphatic carbocycles. The van der Waals surface area contributed by atoms with E-state index in [0.29, 0.717) is 5.17 Å². The summed E-state index contributed by atoms with van der Waals surface area (Å²) < 4.78 is 0. The van der Waals surface area contributed by atoms with Gasteiger partial charge in [0.05, 0.1) is 12.6 Å². The molecule has 0 radical (unpaired) electrons. The second kappa shape index (κ2) is 3.73. The van der Waals surface area contributed by atoms with Crippen molar-refractivity contribution in [2.24, 2.45) is 10.7 Å². The fourth-order valence-corrected chi connectivity index (χ4v) is 1.36. The molecule has 0 aromatic heterocycles. The zero-order valence-corrected chi connectivity index (χ0v) is 7.15. The molecule has 0 spiro atoms. The molecule has 1 atom stereocenters. The first-order valence-corrected chi connectivity index (χ1v) is 4.42. The SMILES string of the molecule is C[C@@H](N)C(=O)NC1=NCCS1. The summed E-state index contributed by atoms with van der Waals surface area (Å²) in [5, 5.41) is 3.33. The molecular formula is C6H11N3OS. The number of amides is 1. The number of carbonyl (C=O) groups is 1. The highest BCUT2D eigenvalue weighted by molar-refractivity contribution is 8.14. The van der Waals surface area contributed by atoms with Gasteiger partial charge in [-0.1, -0.05) is 11.8 Å². The van der Waals surface area contributed by atoms with Crippen molar-refractivity contribution in [3.8, 4) is 0 Å². The number of nitrogens with two attached hydrogens (primary N) is 1. The summed E-state index contributed by atoms with van der Waals surface area (Å²) in [6, 6.07) is -0.459. The van der Waals surface area contributed by atoms with Gasteiger partial charge >= 0.3 is 0 Å². The Morgan fingerprint density at radius 3 is 3.09 bits per heavy atom. The molecule has 62 valence electrons. The lowest BCUT2D eigenvalue weighted by molar-refractivity contribution is -0.120. The Kier molecular flexibility index (Phi) is 2.90. The molecule has 11 heavy (non-hydrogen) atoms. The van der Waals surface area contributed by atoms with E-state index in [9.17, 15) is 4.79 Å². The van der Waals surface area contributed by atoms with Crippen LogP contribution in [0.2, 0.25) is 0 Å². The van der Waals surface area contributed by atoms with Gasteiger partial charge in [0.15, 0.2) is 5.17 Å². The molecule has 0 bridgehead atoms. The van der Waals surface area contributed by atoms with Gasteiger partial charge in [-0.15, -0.1) is 0 Å². The van der Waals surface area contributed by atoms with Gasteiger partial charge in [0.2, 0.25) is 5.91 Å². The van der Waals surface area contributed by atoms with Gasteiger partial charge < -0.3 is 11.1 Å². The second-order valence-corrected chi connectivity index (χ2v) is 3.40. The average Bonchev–Trinajstić information content (AvgIpc) is 2.39. The van der Waals surface area contributed by atoms with Gasteiger partial charge in [-0.2, -0.15) is 0 Å². The van der Waals surface area contributed by atoms with Crippen molar-refractivity contribution in [2.45, 2.75) is 13.0 Å². The van der Waals surface area contributed by atoms with Gasteiger partial charge in [-0.25, -0.2) is 0 Å². The monoisotopic (exact) mass is 173 g/mol. The van der Waals surface area contributed by atoms with Crippen LogP contribution in [0.1, 0.15) is 6.92 Å². The minimum atomic E-state index is -0.459. The van der Waals surface area contributed by atoms with Gasteiger partial charge in [0.1, 0.15) is 0 Å². The number of thioether (sulfide) groups is 1. The van der Waals surface area contributed by atoms with Crippen LogP contribution in [-0.4, -0.2) is 29.4 Å². The van der Waals surface area contributed by atoms with Crippen LogP contribution in [0.5, 0.6) is 0 Å². The zero-order valence-electron chi connectivity index (χ0n) is 6.33. The van der Waals surface area contributed by atoms with Crippen molar-refractivity contribution < 1.29 is 4.79 Å². The van der Waals surface area contributed by atoms with Gasteiger partial charge in [0.25, 0.3) is 0 Å². The van der Waals surface area contributed by atoms with Crippen molar-refractivity contribution >= 4 is 22.8 Å². The highest BCUT2D eigenvalue weighted by atomic mass is 32.2. The van der Waals surface area contributed by atoms with E-state index >= 15 is 0 Å². The van der Waals surface area contributed by atoms with Crippen molar-refractivity contribution in [1.29, 1.82) is 0 Å². The molecule has 0 aromatic rings. The van der Waals surface area contributed by atoms with E-state index in [-0.39, 0.29) is 5.91 Å². The number of hydrogen-bond donors (Lipinski definition) is 2. The predicted molar refractivity (Wildman–Crippen MR) is 46.6 cm³/mol. The molecule has 0 fully saturated rings. The Hall–Kier alpha value is -0.550. The average molecular weight is 173 g/mol. The fourth-order valence-electron chi connectivity index (χ4n) is 0.630. The number of nitrogens with zero attached hydrogens (tertiary/aromatic N) is 1. The van der Waals surface area contributed by atoms with Crippen LogP contribution in [0.15, 0.2) is 4.99 Å². The Morgan fingerprint density at radius 2 is 2.64 bits per heavy atom. The molecule has 1 aliphatic rings. The summed E-state index contributed by atoms with van der Waals surface area (Å²) in [5.41, 5.74) is 5.34. The summed E-state index contributed by atoms with van der Waals surface area (Å²) in [4.78, 5) is 15.0. The van der Waals surface area contributed by atoms with Crippen LogP contribution in [0.25, 0.3) is 0 Å². The van der Waals surface area contributed by atoms with E-state index in [0.717, 1.165) is 12.3 Å². The van der Waals surface area contributed by atoms with Crippen molar-refractivity contribution in [3.63, 3.8) is 0 Å². The molecule has 0 saturated heterocycles. The van der Waals surface area contributed by atoms with Gasteiger partial charge in [0, 0.05) is 5.75 Å². The van der Waals surface area contributed by atoms with Crippen LogP contribution >= 0.6 is 11.8 Å². The molecule has 1 rings (SSSR count). The first-order valence-electron chi connectivity index (χ1n) is 3.44. The Balaban J connectivity index is 2.35. The summed E-state index contributed by atoms with van der Waals surface area (Å²) in [6.07, 6.45) is 0. The van der Waals surface area contributed by atoms with Gasteiger partial charge in [-0.3, -0.25) is 9.79 Å². The fraction of sp³-hybridized carbons (Fsp3) is 0.667. The van der Waals surface area contributed by atoms with E-state index in [1.807, 2.05) is 0 Å². The number of hydrogen-bond acceptors (Lipinski definition) is 4. The van der Waals surface area contributed by atoms with E-state index in [1.165, 1.54) is 0 Å². The van der Waals surface area contributed by atoms with Crippen LogP contribution in [0.3, 0.4) is 0 Å². The summed E-state index contributed by atoms with van der Waals surface area (Å²) in [6.45, 7) is 2.44. The topological polar surface area (TPSA) is 67.5 Å². The van der Waals surface area contributed by atoms with E-state index < -0.39 is 6.04 Å². The third-order valence-corrected chi connectivity index (χ3v) is 2.12. The maximum atomic E-state index is 11.0. The lowest BCUT2D eigenvalue weighted by atomic mass is 10.3. The van der Waals surface area contributed by atoms with Gasteiger partial charge in [-0.05, 0) is 6.92 Å². The van der Waals surface area contributed by atoms with Crippen LogP contribution in [0, 0.1) is 0 Å². The standard InChI is InChI=1S/C6H11N3OS/c1-4(7)5(10)9-6-8-2-3-11-6/h4H,2-3,7H2,1H3,(H,8,9,10)/t4-/m1/s1. The molecule has 0 saturated carbocycles. The van der Waals surface area contributed by atoms with Crippen LogP contribution in [-0.2, 0) is 4.79 Å². The number of nitrogens with one attached hydrogen (secondary N) is 1. The first-order chi connectivity index (χ1) is 5.20. The molecule has 1 heterocycles. The molecule has 1 amide bonds. The van der Waals surface area contributed by atoms with Crippen molar-refractivity contribution in [3.05, 3.63) is 0 Å². The highest BCUT2D eigenvalue weighted by Gasteiger charge is 2.12. The number of rotatable bonds is 1. The maximum Gasteiger partial charge on any atom is 0.242 e. The number of aliphatic imine (C=N–C) groups is 1. The largest absolute Gasteiger partial charge is 0.320 e. The molecule has 4 nitrogen and oxygen atoms in total. The zero-order chi connectivity index (χ0) is 8.27. The quantitative estimate of drug-likeness (QED) is 0.564. The second-order valence-electron chi connectivity index (χ2n) is 2.31. The Morgan fingerprint density at radius 1 is 1.91 bits per heavy atom. The summed E-state index contributed by atoms with van der Waals surface area (Å²) >= 11 is 1.55. The Labute approximate surface area is 69.6 Å². The van der Waals surface area contributed by atoms with Crippen LogP contribution in [0.4, 0.5) is 0 Å². The third-order valence-electron chi connectivity index (χ3n) is 1.23. The van der Waals surface area contributed by atoms with Crippen molar-refractivity contribution in [1.82, 2.24) is 5.32 Å². The minimum absolute atomic E-state index is 0.168. The van der Waals surface area contributed by atoms with Crippen LogP contribution < -0.4 is 11.1 Å². The number of amidine groups is 1. The normalized spacial score (nSPS) is 19.3. The first kappa shape index (κ1) is 8.55.